The van der Waals surface area contributed by atoms with Crippen LogP contribution in [0, 0.1) is 13.8 Å². The van der Waals surface area contributed by atoms with Crippen molar-refractivity contribution < 1.29 is 9.90 Å². The minimum absolute atomic E-state index is 0.565. The van der Waals surface area contributed by atoms with E-state index in [1.807, 2.05) is 32.0 Å². The number of rotatable bonds is 3. The molecule has 0 heterocycles. The minimum atomic E-state index is -0.811. The highest BCUT2D eigenvalue weighted by Gasteiger charge is 2.23. The lowest BCUT2D eigenvalue weighted by Gasteiger charge is -2.22. The van der Waals surface area contributed by atoms with Crippen molar-refractivity contribution in [2.45, 2.75) is 19.9 Å². The van der Waals surface area contributed by atoms with Crippen molar-refractivity contribution in [1.29, 1.82) is 0 Å². The van der Waals surface area contributed by atoms with Gasteiger partial charge in [-0.1, -0.05) is 23.8 Å². The van der Waals surface area contributed by atoms with E-state index in [1.165, 1.54) is 0 Å². The number of benzene rings is 1. The zero-order chi connectivity index (χ0) is 11.6. The molecule has 0 saturated heterocycles. The number of likely N-dealkylation sites (N-methyl/N-ethyl adjacent to an activating group) is 1. The van der Waals surface area contributed by atoms with Crippen LogP contribution in [-0.4, -0.2) is 30.1 Å². The fraction of sp³-hybridized carbons (Fsp3) is 0.417. The molecule has 0 spiro atoms. The number of nitrogens with zero attached hydrogens (tertiary/aromatic N) is 1. The highest BCUT2D eigenvalue weighted by atomic mass is 16.4. The standard InChI is InChI=1S/C12H17NO2/c1-8-5-6-9(2)10(7-8)11(12(14)15)13(3)4/h5-7,11H,1-4H3,(H,14,15). The molecule has 0 fully saturated rings. The van der Waals surface area contributed by atoms with Crippen LogP contribution in [0.1, 0.15) is 22.7 Å². The van der Waals surface area contributed by atoms with Gasteiger partial charge in [-0.05, 0) is 39.1 Å². The number of carboxylic acid groups (broad SMARTS) is 1. The van der Waals surface area contributed by atoms with Gasteiger partial charge in [0.05, 0.1) is 0 Å². The van der Waals surface area contributed by atoms with Crippen LogP contribution in [0.2, 0.25) is 0 Å². The van der Waals surface area contributed by atoms with Crippen molar-refractivity contribution >= 4 is 5.97 Å². The summed E-state index contributed by atoms with van der Waals surface area (Å²) in [4.78, 5) is 12.9. The van der Waals surface area contributed by atoms with Crippen molar-refractivity contribution in [2.24, 2.45) is 0 Å². The summed E-state index contributed by atoms with van der Waals surface area (Å²) in [6.07, 6.45) is 0. The second-order valence-corrected chi connectivity index (χ2v) is 4.06. The second kappa shape index (κ2) is 4.45. The lowest BCUT2D eigenvalue weighted by atomic mass is 9.98. The summed E-state index contributed by atoms with van der Waals surface area (Å²) in [6, 6.07) is 5.33. The zero-order valence-corrected chi connectivity index (χ0v) is 9.61. The van der Waals surface area contributed by atoms with Gasteiger partial charge in [0.1, 0.15) is 6.04 Å². The Hall–Kier alpha value is -1.35. The van der Waals surface area contributed by atoms with Gasteiger partial charge < -0.3 is 5.11 Å². The molecule has 1 N–H and O–H groups in total. The van der Waals surface area contributed by atoms with E-state index in [0.29, 0.717) is 0 Å². The molecule has 1 aromatic rings. The van der Waals surface area contributed by atoms with E-state index in [2.05, 4.69) is 0 Å². The van der Waals surface area contributed by atoms with E-state index in [-0.39, 0.29) is 0 Å². The van der Waals surface area contributed by atoms with E-state index in [9.17, 15) is 9.90 Å². The van der Waals surface area contributed by atoms with Gasteiger partial charge in [-0.25, -0.2) is 0 Å². The Morgan fingerprint density at radius 2 is 1.93 bits per heavy atom. The van der Waals surface area contributed by atoms with Crippen molar-refractivity contribution in [1.82, 2.24) is 4.90 Å². The molecule has 0 bridgehead atoms. The predicted octanol–water partition coefficient (Wildman–Crippen LogP) is 1.99. The van der Waals surface area contributed by atoms with Crippen molar-refractivity contribution in [3.63, 3.8) is 0 Å². The van der Waals surface area contributed by atoms with Crippen LogP contribution in [0.5, 0.6) is 0 Å². The summed E-state index contributed by atoms with van der Waals surface area (Å²) in [5.74, 6) is -0.811. The van der Waals surface area contributed by atoms with Gasteiger partial charge in [0.25, 0.3) is 0 Å². The lowest BCUT2D eigenvalue weighted by molar-refractivity contribution is -0.142. The lowest BCUT2D eigenvalue weighted by Crippen LogP contribution is -2.28. The van der Waals surface area contributed by atoms with Crippen LogP contribution in [0.15, 0.2) is 18.2 Å². The Kier molecular flexibility index (Phi) is 3.48. The molecular formula is C12H17NO2. The molecule has 0 amide bonds. The van der Waals surface area contributed by atoms with E-state index in [1.54, 1.807) is 19.0 Å². The fourth-order valence-electron chi connectivity index (χ4n) is 1.69. The van der Waals surface area contributed by atoms with E-state index in [0.717, 1.165) is 16.7 Å². The first-order chi connectivity index (χ1) is 6.93. The molecule has 1 atom stereocenters. The number of hydrogen-bond acceptors (Lipinski definition) is 2. The number of carbonyl (C=O) groups is 1. The molecule has 0 saturated carbocycles. The van der Waals surface area contributed by atoms with Gasteiger partial charge in [0.15, 0.2) is 0 Å². The summed E-state index contributed by atoms with van der Waals surface area (Å²) >= 11 is 0. The van der Waals surface area contributed by atoms with Gasteiger partial charge in [0, 0.05) is 0 Å². The summed E-state index contributed by atoms with van der Waals surface area (Å²) in [6.45, 7) is 3.91. The average molecular weight is 207 g/mol. The maximum absolute atomic E-state index is 11.2. The molecule has 82 valence electrons. The normalized spacial score (nSPS) is 12.9. The van der Waals surface area contributed by atoms with Gasteiger partial charge >= 0.3 is 5.97 Å². The van der Waals surface area contributed by atoms with Crippen LogP contribution in [0.3, 0.4) is 0 Å². The van der Waals surface area contributed by atoms with Gasteiger partial charge in [0.2, 0.25) is 0 Å². The third-order valence-corrected chi connectivity index (χ3v) is 2.48. The molecule has 1 aromatic carbocycles. The van der Waals surface area contributed by atoms with Crippen LogP contribution >= 0.6 is 0 Å². The maximum Gasteiger partial charge on any atom is 0.325 e. The Morgan fingerprint density at radius 1 is 1.33 bits per heavy atom. The Labute approximate surface area is 90.3 Å². The largest absolute Gasteiger partial charge is 0.480 e. The van der Waals surface area contributed by atoms with Crippen LogP contribution in [0.4, 0.5) is 0 Å². The summed E-state index contributed by atoms with van der Waals surface area (Å²) in [7, 11) is 3.56. The quantitative estimate of drug-likeness (QED) is 0.824. The summed E-state index contributed by atoms with van der Waals surface area (Å²) in [5, 5.41) is 9.17. The molecule has 15 heavy (non-hydrogen) atoms. The van der Waals surface area contributed by atoms with Crippen LogP contribution < -0.4 is 0 Å². The highest BCUT2D eigenvalue weighted by molar-refractivity contribution is 5.76. The fourth-order valence-corrected chi connectivity index (χ4v) is 1.69. The SMILES string of the molecule is Cc1ccc(C)c(C(C(=O)O)N(C)C)c1. The van der Waals surface area contributed by atoms with Crippen LogP contribution in [0.25, 0.3) is 0 Å². The van der Waals surface area contributed by atoms with E-state index < -0.39 is 12.0 Å². The molecule has 0 radical (unpaired) electrons. The topological polar surface area (TPSA) is 40.5 Å². The minimum Gasteiger partial charge on any atom is -0.480 e. The first kappa shape index (κ1) is 11.7. The summed E-state index contributed by atoms with van der Waals surface area (Å²) < 4.78 is 0. The van der Waals surface area contributed by atoms with Gasteiger partial charge in [-0.3, -0.25) is 9.69 Å². The Morgan fingerprint density at radius 3 is 2.40 bits per heavy atom. The molecule has 0 aliphatic rings. The van der Waals surface area contributed by atoms with Crippen LogP contribution in [-0.2, 0) is 4.79 Å². The molecule has 3 nitrogen and oxygen atoms in total. The zero-order valence-electron chi connectivity index (χ0n) is 9.61. The second-order valence-electron chi connectivity index (χ2n) is 4.06. The van der Waals surface area contributed by atoms with Crippen molar-refractivity contribution in [3.05, 3.63) is 34.9 Å². The Bertz CT molecular complexity index is 372. The molecular weight excluding hydrogens is 190 g/mol. The van der Waals surface area contributed by atoms with E-state index in [4.69, 9.17) is 0 Å². The van der Waals surface area contributed by atoms with Gasteiger partial charge in [-0.2, -0.15) is 0 Å². The average Bonchev–Trinajstić information content (AvgIpc) is 2.10. The Balaban J connectivity index is 3.22. The molecule has 0 aromatic heterocycles. The predicted molar refractivity (Wildman–Crippen MR) is 60.0 cm³/mol. The first-order valence-corrected chi connectivity index (χ1v) is 4.90. The first-order valence-electron chi connectivity index (χ1n) is 4.90. The van der Waals surface area contributed by atoms with Crippen molar-refractivity contribution in [3.8, 4) is 0 Å². The number of aliphatic carboxylic acids is 1. The summed E-state index contributed by atoms with van der Waals surface area (Å²) in [5.41, 5.74) is 2.97. The molecule has 0 aliphatic heterocycles. The van der Waals surface area contributed by atoms with Gasteiger partial charge in [-0.15, -0.1) is 0 Å². The number of aryl methyl sites for hydroxylation is 2. The molecule has 3 heteroatoms. The third-order valence-electron chi connectivity index (χ3n) is 2.48. The van der Waals surface area contributed by atoms with E-state index >= 15 is 0 Å². The third kappa shape index (κ3) is 2.57. The molecule has 1 unspecified atom stereocenters. The smallest absolute Gasteiger partial charge is 0.325 e. The molecule has 1 rings (SSSR count). The number of carboxylic acids is 1. The molecule has 0 aliphatic carbocycles. The highest BCUT2D eigenvalue weighted by Crippen LogP contribution is 2.23. The maximum atomic E-state index is 11.2. The number of hydrogen-bond donors (Lipinski definition) is 1. The van der Waals surface area contributed by atoms with Crippen molar-refractivity contribution in [2.75, 3.05) is 14.1 Å². The monoisotopic (exact) mass is 207 g/mol.